The monoisotopic (exact) mass is 300 g/mol. The van der Waals surface area contributed by atoms with Gasteiger partial charge in [-0.3, -0.25) is 4.79 Å². The second-order valence-electron chi connectivity index (χ2n) is 4.39. The number of ketones is 1. The molecule has 17 heavy (non-hydrogen) atoms. The molecule has 92 valence electrons. The normalized spacial score (nSPS) is 23.9. The summed E-state index contributed by atoms with van der Waals surface area (Å²) in [6, 6.07) is 4.57. The zero-order chi connectivity index (χ0) is 12.4. The first-order valence-corrected chi connectivity index (χ1v) is 6.45. The van der Waals surface area contributed by atoms with E-state index in [-0.39, 0.29) is 30.0 Å². The fraction of sp³-hybridized carbons (Fsp3) is 0.462. The zero-order valence-electron chi connectivity index (χ0n) is 9.58. The fourth-order valence-corrected chi connectivity index (χ4v) is 2.71. The van der Waals surface area contributed by atoms with Crippen molar-refractivity contribution in [2.45, 2.75) is 25.9 Å². The summed E-state index contributed by atoms with van der Waals surface area (Å²) in [6.07, 6.45) is 1.03. The molecule has 0 spiro atoms. The summed E-state index contributed by atoms with van der Waals surface area (Å²) in [5.74, 6) is -0.234. The summed E-state index contributed by atoms with van der Waals surface area (Å²) in [5.41, 5.74) is 0.709. The van der Waals surface area contributed by atoms with Gasteiger partial charge in [0, 0.05) is 23.4 Å². The molecule has 0 aromatic heterocycles. The van der Waals surface area contributed by atoms with E-state index in [4.69, 9.17) is 4.74 Å². The zero-order valence-corrected chi connectivity index (χ0v) is 11.2. The smallest absolute Gasteiger partial charge is 0.142 e. The molecule has 1 aliphatic heterocycles. The van der Waals surface area contributed by atoms with Crippen molar-refractivity contribution in [1.29, 1.82) is 0 Å². The van der Waals surface area contributed by atoms with Crippen molar-refractivity contribution in [1.82, 2.24) is 0 Å². The Morgan fingerprint density at radius 2 is 2.29 bits per heavy atom. The second-order valence-corrected chi connectivity index (χ2v) is 5.31. The highest BCUT2D eigenvalue weighted by Crippen LogP contribution is 2.24. The third kappa shape index (κ3) is 3.13. The summed E-state index contributed by atoms with van der Waals surface area (Å²) in [7, 11) is 0. The topological polar surface area (TPSA) is 26.3 Å². The molecule has 1 aromatic carbocycles. The van der Waals surface area contributed by atoms with Crippen LogP contribution >= 0.6 is 15.9 Å². The molecule has 1 saturated heterocycles. The summed E-state index contributed by atoms with van der Waals surface area (Å²) < 4.78 is 19.2. The first-order chi connectivity index (χ1) is 8.06. The van der Waals surface area contributed by atoms with Gasteiger partial charge in [0.15, 0.2) is 0 Å². The van der Waals surface area contributed by atoms with Gasteiger partial charge >= 0.3 is 0 Å². The molecular weight excluding hydrogens is 287 g/mol. The van der Waals surface area contributed by atoms with E-state index in [1.54, 1.807) is 6.07 Å². The summed E-state index contributed by atoms with van der Waals surface area (Å²) in [6.45, 7) is 2.56. The number of hydrogen-bond acceptors (Lipinski definition) is 2. The van der Waals surface area contributed by atoms with Crippen molar-refractivity contribution in [3.05, 3.63) is 34.1 Å². The lowest BCUT2D eigenvalue weighted by Gasteiger charge is -2.12. The molecule has 1 heterocycles. The van der Waals surface area contributed by atoms with E-state index in [1.165, 1.54) is 12.1 Å². The average molecular weight is 301 g/mol. The molecule has 0 saturated carbocycles. The van der Waals surface area contributed by atoms with Crippen LogP contribution in [-0.4, -0.2) is 18.5 Å². The Balaban J connectivity index is 2.07. The summed E-state index contributed by atoms with van der Waals surface area (Å²) in [5, 5.41) is 0. The number of hydrogen-bond donors (Lipinski definition) is 0. The Morgan fingerprint density at radius 3 is 2.88 bits per heavy atom. The number of benzene rings is 1. The Morgan fingerprint density at radius 1 is 1.53 bits per heavy atom. The summed E-state index contributed by atoms with van der Waals surface area (Å²) in [4.78, 5) is 12.0. The van der Waals surface area contributed by atoms with E-state index in [1.807, 2.05) is 6.92 Å². The highest BCUT2D eigenvalue weighted by atomic mass is 79.9. The van der Waals surface area contributed by atoms with E-state index in [0.29, 0.717) is 16.6 Å². The van der Waals surface area contributed by atoms with E-state index in [2.05, 4.69) is 15.9 Å². The van der Waals surface area contributed by atoms with Crippen LogP contribution in [0.4, 0.5) is 4.39 Å². The van der Waals surface area contributed by atoms with Gasteiger partial charge in [-0.2, -0.15) is 0 Å². The molecule has 0 N–H and O–H groups in total. The van der Waals surface area contributed by atoms with Gasteiger partial charge in [-0.25, -0.2) is 4.39 Å². The molecule has 1 aromatic rings. The Labute approximate surface area is 108 Å². The fourth-order valence-electron chi connectivity index (χ4n) is 2.20. The molecule has 2 atom stereocenters. The van der Waals surface area contributed by atoms with E-state index in [0.717, 1.165) is 6.42 Å². The van der Waals surface area contributed by atoms with Crippen LogP contribution in [-0.2, 0) is 16.0 Å². The SMILES string of the molecule is CC1OCCC1C(=O)Cc1cc(F)cc(Br)c1. The number of carbonyl (C=O) groups is 1. The molecule has 2 unspecified atom stereocenters. The highest BCUT2D eigenvalue weighted by Gasteiger charge is 2.30. The van der Waals surface area contributed by atoms with Crippen LogP contribution in [0.3, 0.4) is 0 Å². The summed E-state index contributed by atoms with van der Waals surface area (Å²) >= 11 is 3.22. The van der Waals surface area contributed by atoms with Crippen molar-refractivity contribution in [3.8, 4) is 0 Å². The lowest BCUT2D eigenvalue weighted by atomic mass is 9.93. The van der Waals surface area contributed by atoms with Gasteiger partial charge in [-0.15, -0.1) is 0 Å². The largest absolute Gasteiger partial charge is 0.378 e. The van der Waals surface area contributed by atoms with Crippen LogP contribution in [0.15, 0.2) is 22.7 Å². The van der Waals surface area contributed by atoms with Crippen molar-refractivity contribution >= 4 is 21.7 Å². The third-order valence-corrected chi connectivity index (χ3v) is 3.55. The van der Waals surface area contributed by atoms with E-state index < -0.39 is 0 Å². The Hall–Kier alpha value is -0.740. The van der Waals surface area contributed by atoms with Crippen molar-refractivity contribution in [2.24, 2.45) is 5.92 Å². The van der Waals surface area contributed by atoms with E-state index in [9.17, 15) is 9.18 Å². The molecular formula is C13H14BrFO2. The van der Waals surface area contributed by atoms with Crippen LogP contribution in [0.5, 0.6) is 0 Å². The molecule has 0 amide bonds. The molecule has 4 heteroatoms. The quantitative estimate of drug-likeness (QED) is 0.857. The van der Waals surface area contributed by atoms with Gasteiger partial charge < -0.3 is 4.74 Å². The lowest BCUT2D eigenvalue weighted by molar-refractivity contribution is -0.123. The highest BCUT2D eigenvalue weighted by molar-refractivity contribution is 9.10. The molecule has 0 radical (unpaired) electrons. The molecule has 1 aliphatic rings. The minimum Gasteiger partial charge on any atom is -0.378 e. The maximum atomic E-state index is 13.2. The second kappa shape index (κ2) is 5.27. The number of Topliss-reactive ketones (excluding diaryl/α,β-unsaturated/α-hetero) is 1. The predicted octanol–water partition coefficient (Wildman–Crippen LogP) is 3.12. The van der Waals surface area contributed by atoms with Gasteiger partial charge in [0.2, 0.25) is 0 Å². The predicted molar refractivity (Wildman–Crippen MR) is 66.3 cm³/mol. The first kappa shape index (κ1) is 12.7. The maximum absolute atomic E-state index is 13.2. The standard InChI is InChI=1S/C13H14BrFO2/c1-8-12(2-3-17-8)13(16)6-9-4-10(14)7-11(15)5-9/h4-5,7-8,12H,2-3,6H2,1H3. The molecule has 2 nitrogen and oxygen atoms in total. The average Bonchev–Trinajstić information content (AvgIpc) is 2.62. The number of carbonyl (C=O) groups excluding carboxylic acids is 1. The minimum atomic E-state index is -0.321. The maximum Gasteiger partial charge on any atom is 0.142 e. The molecule has 0 bridgehead atoms. The minimum absolute atomic E-state index is 0.0144. The number of halogens is 2. The van der Waals surface area contributed by atoms with Crippen LogP contribution in [0.1, 0.15) is 18.9 Å². The number of ether oxygens (including phenoxy) is 1. The Kier molecular flexibility index (Phi) is 3.94. The molecule has 1 fully saturated rings. The van der Waals surface area contributed by atoms with Crippen molar-refractivity contribution in [3.63, 3.8) is 0 Å². The van der Waals surface area contributed by atoms with Gasteiger partial charge in [0.25, 0.3) is 0 Å². The van der Waals surface area contributed by atoms with Crippen LogP contribution < -0.4 is 0 Å². The van der Waals surface area contributed by atoms with Crippen LogP contribution in [0.2, 0.25) is 0 Å². The Bertz CT molecular complexity index is 413. The third-order valence-electron chi connectivity index (χ3n) is 3.09. The van der Waals surface area contributed by atoms with E-state index >= 15 is 0 Å². The molecule has 2 rings (SSSR count). The van der Waals surface area contributed by atoms with Crippen LogP contribution in [0, 0.1) is 11.7 Å². The first-order valence-electron chi connectivity index (χ1n) is 5.65. The van der Waals surface area contributed by atoms with Gasteiger partial charge in [-0.1, -0.05) is 15.9 Å². The molecule has 0 aliphatic carbocycles. The van der Waals surface area contributed by atoms with Gasteiger partial charge in [0.1, 0.15) is 11.6 Å². The van der Waals surface area contributed by atoms with Gasteiger partial charge in [-0.05, 0) is 37.1 Å². The van der Waals surface area contributed by atoms with Crippen molar-refractivity contribution in [2.75, 3.05) is 6.61 Å². The van der Waals surface area contributed by atoms with Crippen LogP contribution in [0.25, 0.3) is 0 Å². The number of rotatable bonds is 3. The van der Waals surface area contributed by atoms with Gasteiger partial charge in [0.05, 0.1) is 6.10 Å². The lowest BCUT2D eigenvalue weighted by Crippen LogP contribution is -2.23. The van der Waals surface area contributed by atoms with Crippen molar-refractivity contribution < 1.29 is 13.9 Å².